The summed E-state index contributed by atoms with van der Waals surface area (Å²) in [5.74, 6) is 0.392. The molecule has 1 aromatic heterocycles. The maximum atomic E-state index is 13.3. The number of benzene rings is 3. The van der Waals surface area contributed by atoms with Crippen molar-refractivity contribution in [3.05, 3.63) is 83.9 Å². The smallest absolute Gasteiger partial charge is 0.416 e. The molecule has 0 saturated carbocycles. The van der Waals surface area contributed by atoms with Crippen LogP contribution in [0.3, 0.4) is 0 Å². The molecule has 0 saturated heterocycles. The lowest BCUT2D eigenvalue weighted by Crippen LogP contribution is -2.12. The second-order valence-electron chi connectivity index (χ2n) is 7.99. The van der Waals surface area contributed by atoms with Crippen molar-refractivity contribution in [3.63, 3.8) is 0 Å². The molecule has 0 aliphatic heterocycles. The number of rotatable bonds is 10. The Kier molecular flexibility index (Phi) is 8.27. The summed E-state index contributed by atoms with van der Waals surface area (Å²) in [4.78, 5) is 17.0. The zero-order valence-corrected chi connectivity index (χ0v) is 20.7. The van der Waals surface area contributed by atoms with E-state index in [4.69, 9.17) is 14.2 Å². The van der Waals surface area contributed by atoms with Crippen molar-refractivity contribution in [2.24, 2.45) is 0 Å². The quantitative estimate of drug-likeness (QED) is 0.270. The minimum atomic E-state index is -4.51. The number of amides is 1. The van der Waals surface area contributed by atoms with Crippen LogP contribution in [0.15, 0.2) is 72.8 Å². The average Bonchev–Trinajstić information content (AvgIpc) is 3.35. The van der Waals surface area contributed by atoms with Crippen molar-refractivity contribution in [1.29, 1.82) is 0 Å². The van der Waals surface area contributed by atoms with Gasteiger partial charge in [0.15, 0.2) is 5.82 Å². The molecule has 38 heavy (non-hydrogen) atoms. The summed E-state index contributed by atoms with van der Waals surface area (Å²) < 4.78 is 57.4. The molecule has 11 heteroatoms. The fourth-order valence-corrected chi connectivity index (χ4v) is 3.55. The van der Waals surface area contributed by atoms with E-state index in [0.29, 0.717) is 35.9 Å². The van der Waals surface area contributed by atoms with Crippen molar-refractivity contribution < 1.29 is 32.2 Å². The molecule has 198 valence electrons. The summed E-state index contributed by atoms with van der Waals surface area (Å²) in [6.07, 6.45) is -4.51. The molecule has 0 aliphatic carbocycles. The number of anilines is 1. The molecule has 1 N–H and O–H groups in total. The normalized spacial score (nSPS) is 11.3. The number of alkyl halides is 3. The number of halogens is 3. The Labute approximate surface area is 217 Å². The van der Waals surface area contributed by atoms with Gasteiger partial charge >= 0.3 is 12.2 Å². The molecule has 0 aliphatic rings. The van der Waals surface area contributed by atoms with Crippen LogP contribution in [-0.2, 0) is 10.9 Å². The van der Waals surface area contributed by atoms with Gasteiger partial charge in [-0.05, 0) is 61.5 Å². The Hall–Kier alpha value is -4.38. The van der Waals surface area contributed by atoms with Gasteiger partial charge in [-0.3, -0.25) is 4.79 Å². The van der Waals surface area contributed by atoms with Gasteiger partial charge in [0, 0.05) is 23.4 Å². The van der Waals surface area contributed by atoms with Gasteiger partial charge in [-0.1, -0.05) is 18.2 Å². The van der Waals surface area contributed by atoms with Crippen LogP contribution in [0.2, 0.25) is 0 Å². The molecule has 0 atom stereocenters. The van der Waals surface area contributed by atoms with E-state index in [-0.39, 0.29) is 29.9 Å². The highest BCUT2D eigenvalue weighted by Crippen LogP contribution is 2.33. The molecule has 8 nitrogen and oxygen atoms in total. The van der Waals surface area contributed by atoms with Gasteiger partial charge in [-0.15, -0.1) is 5.10 Å². The summed E-state index contributed by atoms with van der Waals surface area (Å²) in [6.45, 7) is 2.85. The summed E-state index contributed by atoms with van der Waals surface area (Å²) in [6, 6.07) is 18.2. The fourth-order valence-electron chi connectivity index (χ4n) is 3.55. The van der Waals surface area contributed by atoms with Crippen molar-refractivity contribution >= 4 is 11.6 Å². The molecular weight excluding hydrogens is 501 g/mol. The lowest BCUT2D eigenvalue weighted by molar-refractivity contribution is -0.137. The van der Waals surface area contributed by atoms with Crippen LogP contribution >= 0.6 is 0 Å². The van der Waals surface area contributed by atoms with E-state index >= 15 is 0 Å². The first-order valence-electron chi connectivity index (χ1n) is 11.7. The monoisotopic (exact) mass is 526 g/mol. The summed E-state index contributed by atoms with van der Waals surface area (Å²) in [5, 5.41) is 7.15. The number of carbonyl (C=O) groups excluding carboxylic acids is 1. The number of hydrogen-bond acceptors (Lipinski definition) is 6. The van der Waals surface area contributed by atoms with E-state index in [1.807, 2.05) is 6.92 Å². The van der Waals surface area contributed by atoms with E-state index < -0.39 is 11.7 Å². The van der Waals surface area contributed by atoms with Gasteiger partial charge in [0.2, 0.25) is 0 Å². The van der Waals surface area contributed by atoms with Crippen LogP contribution in [0.5, 0.6) is 11.8 Å². The Bertz CT molecular complexity index is 1390. The molecular formula is C27H25F3N4O4. The lowest BCUT2D eigenvalue weighted by Gasteiger charge is -2.10. The SMILES string of the molecule is CCOCCOc1nc(-c2cccc(C(F)(F)F)c2)n(-c2ccc(NC(=O)c3cccc(OC)c3)cc2)n1. The molecule has 4 rings (SSSR count). The highest BCUT2D eigenvalue weighted by atomic mass is 19.4. The number of nitrogens with one attached hydrogen (secondary N) is 1. The van der Waals surface area contributed by atoms with Crippen LogP contribution in [0.25, 0.3) is 17.1 Å². The number of nitrogens with zero attached hydrogens (tertiary/aromatic N) is 3. The fraction of sp³-hybridized carbons (Fsp3) is 0.222. The molecule has 0 fully saturated rings. The average molecular weight is 527 g/mol. The molecule has 0 bridgehead atoms. The van der Waals surface area contributed by atoms with Gasteiger partial charge in [-0.25, -0.2) is 4.68 Å². The second kappa shape index (κ2) is 11.8. The zero-order valence-electron chi connectivity index (χ0n) is 20.7. The highest BCUT2D eigenvalue weighted by molar-refractivity contribution is 6.04. The van der Waals surface area contributed by atoms with E-state index in [2.05, 4.69) is 15.4 Å². The minimum Gasteiger partial charge on any atom is -0.497 e. The van der Waals surface area contributed by atoms with Crippen LogP contribution in [-0.4, -0.2) is 47.6 Å². The van der Waals surface area contributed by atoms with Crippen LogP contribution in [0, 0.1) is 0 Å². The third kappa shape index (κ3) is 6.48. The van der Waals surface area contributed by atoms with Crippen molar-refractivity contribution in [2.45, 2.75) is 13.1 Å². The third-order valence-corrected chi connectivity index (χ3v) is 5.40. The first-order chi connectivity index (χ1) is 18.3. The topological polar surface area (TPSA) is 87.5 Å². The molecule has 0 unspecified atom stereocenters. The lowest BCUT2D eigenvalue weighted by atomic mass is 10.1. The predicted molar refractivity (Wildman–Crippen MR) is 135 cm³/mol. The molecule has 3 aromatic carbocycles. The van der Waals surface area contributed by atoms with Gasteiger partial charge < -0.3 is 19.5 Å². The number of methoxy groups -OCH3 is 1. The van der Waals surface area contributed by atoms with Gasteiger partial charge in [0.05, 0.1) is 25.0 Å². The summed E-state index contributed by atoms with van der Waals surface area (Å²) >= 11 is 0. The Morgan fingerprint density at radius 1 is 1.00 bits per heavy atom. The maximum Gasteiger partial charge on any atom is 0.416 e. The molecule has 0 spiro atoms. The molecule has 1 heterocycles. The predicted octanol–water partition coefficient (Wildman–Crippen LogP) is 5.63. The minimum absolute atomic E-state index is 0.00693. The molecule has 0 radical (unpaired) electrons. The van der Waals surface area contributed by atoms with Crippen LogP contribution < -0.4 is 14.8 Å². The molecule has 1 amide bonds. The number of ether oxygens (including phenoxy) is 3. The zero-order chi connectivity index (χ0) is 27.1. The van der Waals surface area contributed by atoms with E-state index in [1.165, 1.54) is 23.9 Å². The van der Waals surface area contributed by atoms with Gasteiger partial charge in [-0.2, -0.15) is 18.2 Å². The second-order valence-corrected chi connectivity index (χ2v) is 7.99. The first-order valence-corrected chi connectivity index (χ1v) is 11.7. The largest absolute Gasteiger partial charge is 0.497 e. The van der Waals surface area contributed by atoms with E-state index in [9.17, 15) is 18.0 Å². The summed E-state index contributed by atoms with van der Waals surface area (Å²) in [7, 11) is 1.52. The number of hydrogen-bond donors (Lipinski definition) is 1. The molecule has 4 aromatic rings. The standard InChI is InChI=1S/C27H25F3N4O4/c1-3-37-14-15-38-26-32-24(18-6-4-8-20(16-18)27(28,29)30)34(33-26)22-12-10-21(11-13-22)31-25(35)19-7-5-9-23(17-19)36-2/h4-13,16-17H,3,14-15H2,1-2H3,(H,31,35). The number of carbonyl (C=O) groups is 1. The highest BCUT2D eigenvalue weighted by Gasteiger charge is 2.31. The van der Waals surface area contributed by atoms with Crippen LogP contribution in [0.4, 0.5) is 18.9 Å². The van der Waals surface area contributed by atoms with Crippen molar-refractivity contribution in [2.75, 3.05) is 32.2 Å². The Balaban J connectivity index is 1.61. The van der Waals surface area contributed by atoms with Crippen LogP contribution in [0.1, 0.15) is 22.8 Å². The maximum absolute atomic E-state index is 13.3. The summed E-state index contributed by atoms with van der Waals surface area (Å²) in [5.41, 5.74) is 0.839. The van der Waals surface area contributed by atoms with Crippen molar-refractivity contribution in [1.82, 2.24) is 14.8 Å². The number of aromatic nitrogens is 3. The first kappa shape index (κ1) is 26.7. The third-order valence-electron chi connectivity index (χ3n) is 5.40. The van der Waals surface area contributed by atoms with E-state index in [0.717, 1.165) is 12.1 Å². The Morgan fingerprint density at radius 2 is 1.76 bits per heavy atom. The van der Waals surface area contributed by atoms with Gasteiger partial charge in [0.1, 0.15) is 12.4 Å². The Morgan fingerprint density at radius 3 is 2.47 bits per heavy atom. The van der Waals surface area contributed by atoms with Crippen molar-refractivity contribution in [3.8, 4) is 28.8 Å². The van der Waals surface area contributed by atoms with Gasteiger partial charge in [0.25, 0.3) is 5.91 Å². The van der Waals surface area contributed by atoms with E-state index in [1.54, 1.807) is 48.5 Å².